The molecule has 2 nitrogen and oxygen atoms in total. The largest absolute Gasteiger partial charge is 0.489 e. The first-order valence-electron chi connectivity index (χ1n) is 9.58. The van der Waals surface area contributed by atoms with Crippen LogP contribution in [0.5, 0.6) is 5.75 Å². The zero-order valence-corrected chi connectivity index (χ0v) is 17.1. The zero-order valence-electron chi connectivity index (χ0n) is 16.3. The lowest BCUT2D eigenvalue weighted by molar-refractivity contribution is 0.306. The third-order valence-electron chi connectivity index (χ3n) is 4.89. The van der Waals surface area contributed by atoms with Crippen molar-refractivity contribution in [3.8, 4) is 16.9 Å². The highest BCUT2D eigenvalue weighted by Gasteiger charge is 2.18. The van der Waals surface area contributed by atoms with Crippen LogP contribution >= 0.6 is 11.6 Å². The molecule has 4 rings (SSSR count). The van der Waals surface area contributed by atoms with E-state index >= 15 is 0 Å². The van der Waals surface area contributed by atoms with Crippen LogP contribution < -0.4 is 4.74 Å². The Hall–Kier alpha value is -2.91. The molecule has 0 bridgehead atoms. The number of pyridine rings is 1. The Morgan fingerprint density at radius 3 is 2.34 bits per heavy atom. The molecule has 0 aliphatic rings. The standard InChI is InChI=1S/C25H21ClFNO/c1-16(2)24-23(18-8-10-19(27)11-9-18)21-13-12-20(14-22(21)25(26)28-24)29-15-17-6-4-3-5-7-17/h3-14,16H,15H2,1-2H3. The molecule has 0 N–H and O–H groups in total. The van der Waals surface area contributed by atoms with Crippen LogP contribution in [0, 0.1) is 5.82 Å². The van der Waals surface area contributed by atoms with Gasteiger partial charge in [0.2, 0.25) is 0 Å². The van der Waals surface area contributed by atoms with E-state index in [9.17, 15) is 4.39 Å². The second-order valence-electron chi connectivity index (χ2n) is 7.31. The second-order valence-corrected chi connectivity index (χ2v) is 7.66. The van der Waals surface area contributed by atoms with E-state index in [0.717, 1.165) is 38.9 Å². The summed E-state index contributed by atoms with van der Waals surface area (Å²) in [6.45, 7) is 4.63. The van der Waals surface area contributed by atoms with Gasteiger partial charge in [-0.05, 0) is 52.8 Å². The van der Waals surface area contributed by atoms with Crippen molar-refractivity contribution in [1.82, 2.24) is 4.98 Å². The molecule has 0 aliphatic carbocycles. The van der Waals surface area contributed by atoms with Crippen LogP contribution in [0.15, 0.2) is 72.8 Å². The lowest BCUT2D eigenvalue weighted by Gasteiger charge is -2.17. The molecule has 1 aromatic heterocycles. The Morgan fingerprint density at radius 2 is 1.66 bits per heavy atom. The fraction of sp³-hybridized carbons (Fsp3) is 0.160. The van der Waals surface area contributed by atoms with Crippen LogP contribution in [0.3, 0.4) is 0 Å². The number of benzene rings is 3. The monoisotopic (exact) mass is 405 g/mol. The van der Waals surface area contributed by atoms with Gasteiger partial charge in [0.15, 0.2) is 0 Å². The summed E-state index contributed by atoms with van der Waals surface area (Å²) in [6.07, 6.45) is 0. The third kappa shape index (κ3) is 4.10. The van der Waals surface area contributed by atoms with Crippen LogP contribution in [-0.2, 0) is 6.61 Å². The second kappa shape index (κ2) is 8.22. The van der Waals surface area contributed by atoms with Gasteiger partial charge in [-0.1, -0.05) is 67.9 Å². The van der Waals surface area contributed by atoms with Crippen LogP contribution in [0.25, 0.3) is 21.9 Å². The molecule has 0 saturated carbocycles. The molecule has 0 aliphatic heterocycles. The maximum Gasteiger partial charge on any atom is 0.137 e. The minimum atomic E-state index is -0.261. The van der Waals surface area contributed by atoms with E-state index in [1.54, 1.807) is 12.1 Å². The minimum Gasteiger partial charge on any atom is -0.489 e. The van der Waals surface area contributed by atoms with Crippen molar-refractivity contribution in [1.29, 1.82) is 0 Å². The SMILES string of the molecule is CC(C)c1nc(Cl)c2cc(OCc3ccccc3)ccc2c1-c1ccc(F)cc1. The van der Waals surface area contributed by atoms with Crippen molar-refractivity contribution in [3.05, 3.63) is 95.0 Å². The lowest BCUT2D eigenvalue weighted by atomic mass is 9.93. The van der Waals surface area contributed by atoms with Crippen molar-refractivity contribution in [2.75, 3.05) is 0 Å². The predicted octanol–water partition coefficient (Wildman–Crippen LogP) is 7.40. The summed E-state index contributed by atoms with van der Waals surface area (Å²) in [5.74, 6) is 0.640. The van der Waals surface area contributed by atoms with Crippen molar-refractivity contribution in [3.63, 3.8) is 0 Å². The predicted molar refractivity (Wildman–Crippen MR) is 117 cm³/mol. The van der Waals surface area contributed by atoms with Gasteiger partial charge in [0.25, 0.3) is 0 Å². The van der Waals surface area contributed by atoms with Crippen LogP contribution in [-0.4, -0.2) is 4.98 Å². The van der Waals surface area contributed by atoms with Gasteiger partial charge in [0, 0.05) is 10.9 Å². The number of hydrogen-bond acceptors (Lipinski definition) is 2. The Kier molecular flexibility index (Phi) is 5.50. The van der Waals surface area contributed by atoms with Crippen molar-refractivity contribution in [2.45, 2.75) is 26.4 Å². The number of halogens is 2. The average Bonchev–Trinajstić information content (AvgIpc) is 2.74. The molecule has 4 aromatic rings. The lowest BCUT2D eigenvalue weighted by Crippen LogP contribution is -2.00. The summed E-state index contributed by atoms with van der Waals surface area (Å²) < 4.78 is 19.4. The van der Waals surface area contributed by atoms with Gasteiger partial charge in [-0.2, -0.15) is 0 Å². The van der Waals surface area contributed by atoms with Crippen LogP contribution in [0.1, 0.15) is 31.0 Å². The molecule has 0 unspecified atom stereocenters. The van der Waals surface area contributed by atoms with E-state index < -0.39 is 0 Å². The molecule has 146 valence electrons. The smallest absolute Gasteiger partial charge is 0.137 e. The summed E-state index contributed by atoms with van der Waals surface area (Å²) in [5, 5.41) is 2.24. The topological polar surface area (TPSA) is 22.1 Å². The van der Waals surface area contributed by atoms with E-state index in [1.165, 1.54) is 12.1 Å². The number of ether oxygens (including phenoxy) is 1. The fourth-order valence-electron chi connectivity index (χ4n) is 3.44. The third-order valence-corrected chi connectivity index (χ3v) is 5.17. The van der Waals surface area contributed by atoms with E-state index in [2.05, 4.69) is 18.8 Å². The Bertz CT molecular complexity index is 1140. The summed E-state index contributed by atoms with van der Waals surface area (Å²) in [5.41, 5.74) is 3.89. The summed E-state index contributed by atoms with van der Waals surface area (Å²) >= 11 is 6.55. The molecule has 0 amide bonds. The number of aromatic nitrogens is 1. The van der Waals surface area contributed by atoms with E-state index in [-0.39, 0.29) is 11.7 Å². The Balaban J connectivity index is 1.80. The molecular weight excluding hydrogens is 385 g/mol. The number of rotatable bonds is 5. The minimum absolute atomic E-state index is 0.172. The van der Waals surface area contributed by atoms with Gasteiger partial charge in [-0.3, -0.25) is 0 Å². The van der Waals surface area contributed by atoms with Crippen LogP contribution in [0.4, 0.5) is 4.39 Å². The quantitative estimate of drug-likeness (QED) is 0.323. The number of fused-ring (bicyclic) bond motifs is 1. The van der Waals surface area contributed by atoms with Gasteiger partial charge in [0.05, 0.1) is 5.69 Å². The van der Waals surface area contributed by atoms with Crippen molar-refractivity contribution < 1.29 is 9.13 Å². The molecule has 3 aromatic carbocycles. The summed E-state index contributed by atoms with van der Waals surface area (Å²) in [6, 6.07) is 22.4. The van der Waals surface area contributed by atoms with Gasteiger partial charge in [0.1, 0.15) is 23.3 Å². The number of hydrogen-bond donors (Lipinski definition) is 0. The maximum atomic E-state index is 13.5. The maximum absolute atomic E-state index is 13.5. The first-order valence-corrected chi connectivity index (χ1v) is 9.96. The van der Waals surface area contributed by atoms with E-state index in [0.29, 0.717) is 11.8 Å². The Labute approximate surface area is 174 Å². The molecule has 29 heavy (non-hydrogen) atoms. The highest BCUT2D eigenvalue weighted by atomic mass is 35.5. The Morgan fingerprint density at radius 1 is 0.931 bits per heavy atom. The fourth-order valence-corrected chi connectivity index (χ4v) is 3.69. The molecule has 0 atom stereocenters. The molecule has 0 fully saturated rings. The van der Waals surface area contributed by atoms with E-state index in [1.807, 2.05) is 48.5 Å². The summed E-state index contributed by atoms with van der Waals surface area (Å²) in [4.78, 5) is 4.68. The first kappa shape index (κ1) is 19.4. The van der Waals surface area contributed by atoms with Gasteiger partial charge < -0.3 is 4.74 Å². The molecule has 1 heterocycles. The average molecular weight is 406 g/mol. The van der Waals surface area contributed by atoms with Crippen LogP contribution in [0.2, 0.25) is 5.15 Å². The normalized spacial score (nSPS) is 11.2. The van der Waals surface area contributed by atoms with Gasteiger partial charge in [-0.25, -0.2) is 9.37 Å². The molecule has 0 spiro atoms. The number of nitrogens with zero attached hydrogens (tertiary/aromatic N) is 1. The first-order chi connectivity index (χ1) is 14.0. The highest BCUT2D eigenvalue weighted by Crippen LogP contribution is 2.39. The van der Waals surface area contributed by atoms with Gasteiger partial charge in [-0.15, -0.1) is 0 Å². The molecule has 0 saturated heterocycles. The van der Waals surface area contributed by atoms with Crippen molar-refractivity contribution in [2.24, 2.45) is 0 Å². The summed E-state index contributed by atoms with van der Waals surface area (Å²) in [7, 11) is 0. The zero-order chi connectivity index (χ0) is 20.4. The van der Waals surface area contributed by atoms with E-state index in [4.69, 9.17) is 16.3 Å². The molecular formula is C25H21ClFNO. The molecule has 0 radical (unpaired) electrons. The van der Waals surface area contributed by atoms with Gasteiger partial charge >= 0.3 is 0 Å². The molecule has 4 heteroatoms. The van der Waals surface area contributed by atoms with Crippen molar-refractivity contribution >= 4 is 22.4 Å². The highest BCUT2D eigenvalue weighted by molar-refractivity contribution is 6.35.